The highest BCUT2D eigenvalue weighted by atomic mass is 32.2. The zero-order valence-electron chi connectivity index (χ0n) is 13.2. The lowest BCUT2D eigenvalue weighted by Crippen LogP contribution is -2.14. The Bertz CT molecular complexity index is 1110. The van der Waals surface area contributed by atoms with Gasteiger partial charge in [0.25, 0.3) is 0 Å². The summed E-state index contributed by atoms with van der Waals surface area (Å²) in [6, 6.07) is 9.81. The molecule has 0 aliphatic rings. The van der Waals surface area contributed by atoms with E-state index in [0.29, 0.717) is 32.9 Å². The van der Waals surface area contributed by atoms with E-state index in [-0.39, 0.29) is 23.3 Å². The van der Waals surface area contributed by atoms with Crippen molar-refractivity contribution in [1.82, 2.24) is 20.2 Å². The maximum absolute atomic E-state index is 13.4. The lowest BCUT2D eigenvalue weighted by Gasteiger charge is -2.04. The van der Waals surface area contributed by atoms with E-state index in [9.17, 15) is 13.6 Å². The molecule has 4 rings (SSSR count). The second-order valence-electron chi connectivity index (χ2n) is 5.45. The molecule has 0 saturated heterocycles. The minimum absolute atomic E-state index is 0.0689. The van der Waals surface area contributed by atoms with Crippen LogP contribution in [0.2, 0.25) is 0 Å². The smallest absolute Gasteiger partial charge is 0.234 e. The zero-order chi connectivity index (χ0) is 18.1. The van der Waals surface area contributed by atoms with E-state index in [2.05, 4.69) is 25.5 Å². The van der Waals surface area contributed by atoms with Gasteiger partial charge in [0.15, 0.2) is 5.65 Å². The Morgan fingerprint density at radius 1 is 1.08 bits per heavy atom. The summed E-state index contributed by atoms with van der Waals surface area (Å²) >= 11 is 1.11. The van der Waals surface area contributed by atoms with E-state index in [4.69, 9.17) is 0 Å². The fraction of sp³-hybridized carbons (Fsp3) is 0.0588. The molecule has 4 aromatic rings. The molecule has 130 valence electrons. The van der Waals surface area contributed by atoms with E-state index in [1.807, 2.05) is 0 Å². The van der Waals surface area contributed by atoms with Gasteiger partial charge in [0.1, 0.15) is 17.2 Å². The average molecular weight is 371 g/mol. The van der Waals surface area contributed by atoms with E-state index in [1.54, 1.807) is 6.07 Å². The number of nitrogens with one attached hydrogen (secondary N) is 2. The highest BCUT2D eigenvalue weighted by Gasteiger charge is 2.11. The minimum atomic E-state index is -0.372. The standard InChI is InChI=1S/C17H11F2N5OS/c18-9-1-4-11(5-2-9)20-14(25)8-26-17-22-16-15(23-24-17)12-7-10(19)3-6-13(12)21-16/h1-7H,8H2,(H,20,25)(H,21,22,24). The van der Waals surface area contributed by atoms with Gasteiger partial charge in [-0.15, -0.1) is 10.2 Å². The van der Waals surface area contributed by atoms with Crippen molar-refractivity contribution >= 4 is 45.4 Å². The SMILES string of the molecule is O=C(CSc1nnc2c(n1)[nH]c1ccc(F)cc12)Nc1ccc(F)cc1. The number of amides is 1. The van der Waals surface area contributed by atoms with Crippen LogP contribution in [-0.4, -0.2) is 31.8 Å². The van der Waals surface area contributed by atoms with Gasteiger partial charge in [-0.3, -0.25) is 4.79 Å². The van der Waals surface area contributed by atoms with Crippen molar-refractivity contribution in [3.05, 3.63) is 54.1 Å². The first-order valence-electron chi connectivity index (χ1n) is 7.58. The maximum atomic E-state index is 13.4. The number of fused-ring (bicyclic) bond motifs is 3. The molecular weight excluding hydrogens is 360 g/mol. The molecule has 0 fully saturated rings. The highest BCUT2D eigenvalue weighted by Crippen LogP contribution is 2.24. The summed E-state index contributed by atoms with van der Waals surface area (Å²) in [5, 5.41) is 11.6. The molecule has 26 heavy (non-hydrogen) atoms. The lowest BCUT2D eigenvalue weighted by molar-refractivity contribution is -0.113. The van der Waals surface area contributed by atoms with Crippen molar-refractivity contribution < 1.29 is 13.6 Å². The summed E-state index contributed by atoms with van der Waals surface area (Å²) in [6.45, 7) is 0. The summed E-state index contributed by atoms with van der Waals surface area (Å²) in [7, 11) is 0. The largest absolute Gasteiger partial charge is 0.338 e. The monoisotopic (exact) mass is 371 g/mol. The average Bonchev–Trinajstić information content (AvgIpc) is 2.99. The molecule has 0 aliphatic heterocycles. The van der Waals surface area contributed by atoms with Gasteiger partial charge >= 0.3 is 0 Å². The number of anilines is 1. The number of aromatic nitrogens is 4. The van der Waals surface area contributed by atoms with Crippen molar-refractivity contribution in [3.63, 3.8) is 0 Å². The molecule has 2 N–H and O–H groups in total. The van der Waals surface area contributed by atoms with Crippen molar-refractivity contribution in [2.24, 2.45) is 0 Å². The Hall–Kier alpha value is -3.07. The topological polar surface area (TPSA) is 83.6 Å². The Kier molecular flexibility index (Phi) is 4.21. The molecule has 9 heteroatoms. The van der Waals surface area contributed by atoms with Crippen LogP contribution in [0.15, 0.2) is 47.6 Å². The van der Waals surface area contributed by atoms with Crippen molar-refractivity contribution in [2.45, 2.75) is 5.16 Å². The van der Waals surface area contributed by atoms with Gasteiger partial charge in [0.05, 0.1) is 5.75 Å². The molecule has 6 nitrogen and oxygen atoms in total. The number of carbonyl (C=O) groups excluding carboxylic acids is 1. The van der Waals surface area contributed by atoms with Gasteiger partial charge in [0, 0.05) is 16.6 Å². The van der Waals surface area contributed by atoms with Crippen molar-refractivity contribution in [2.75, 3.05) is 11.1 Å². The fourth-order valence-electron chi connectivity index (χ4n) is 2.45. The van der Waals surface area contributed by atoms with Gasteiger partial charge in [-0.1, -0.05) is 11.8 Å². The number of hydrogen-bond donors (Lipinski definition) is 2. The summed E-state index contributed by atoms with van der Waals surface area (Å²) in [5.74, 6) is -0.942. The normalized spacial score (nSPS) is 11.2. The van der Waals surface area contributed by atoms with Crippen LogP contribution < -0.4 is 5.32 Å². The van der Waals surface area contributed by atoms with Crippen LogP contribution in [0.1, 0.15) is 0 Å². The fourth-order valence-corrected chi connectivity index (χ4v) is 3.04. The molecular formula is C17H11F2N5OS. The molecule has 0 saturated carbocycles. The number of aromatic amines is 1. The van der Waals surface area contributed by atoms with Crippen LogP contribution in [0, 0.1) is 11.6 Å². The molecule has 0 spiro atoms. The Morgan fingerprint density at radius 3 is 2.65 bits per heavy atom. The van der Waals surface area contributed by atoms with Crippen LogP contribution >= 0.6 is 11.8 Å². The third-order valence-corrected chi connectivity index (χ3v) is 4.46. The molecule has 0 radical (unpaired) electrons. The molecule has 0 bridgehead atoms. The van der Waals surface area contributed by atoms with Gasteiger partial charge in [-0.25, -0.2) is 13.8 Å². The summed E-state index contributed by atoms with van der Waals surface area (Å²) in [5.41, 5.74) is 2.16. The molecule has 0 aliphatic carbocycles. The summed E-state index contributed by atoms with van der Waals surface area (Å²) < 4.78 is 26.2. The van der Waals surface area contributed by atoms with Crippen LogP contribution in [0.4, 0.5) is 14.5 Å². The van der Waals surface area contributed by atoms with Crippen LogP contribution in [0.5, 0.6) is 0 Å². The van der Waals surface area contributed by atoms with Crippen molar-refractivity contribution in [1.29, 1.82) is 0 Å². The number of thioether (sulfide) groups is 1. The van der Waals surface area contributed by atoms with Gasteiger partial charge < -0.3 is 10.3 Å². The Balaban J connectivity index is 1.47. The maximum Gasteiger partial charge on any atom is 0.234 e. The predicted molar refractivity (Wildman–Crippen MR) is 94.9 cm³/mol. The highest BCUT2D eigenvalue weighted by molar-refractivity contribution is 7.99. The van der Waals surface area contributed by atoms with E-state index >= 15 is 0 Å². The third-order valence-electron chi connectivity index (χ3n) is 3.62. The van der Waals surface area contributed by atoms with Crippen LogP contribution in [-0.2, 0) is 4.79 Å². The van der Waals surface area contributed by atoms with Gasteiger partial charge in [-0.2, -0.15) is 0 Å². The molecule has 2 heterocycles. The van der Waals surface area contributed by atoms with Crippen molar-refractivity contribution in [3.8, 4) is 0 Å². The number of nitrogens with zero attached hydrogens (tertiary/aromatic N) is 3. The quantitative estimate of drug-likeness (QED) is 0.536. The number of rotatable bonds is 4. The molecule has 2 aromatic heterocycles. The van der Waals surface area contributed by atoms with Gasteiger partial charge in [0.2, 0.25) is 11.1 Å². The zero-order valence-corrected chi connectivity index (χ0v) is 14.0. The lowest BCUT2D eigenvalue weighted by atomic mass is 10.2. The van der Waals surface area contributed by atoms with Crippen LogP contribution in [0.3, 0.4) is 0 Å². The number of carbonyl (C=O) groups is 1. The predicted octanol–water partition coefficient (Wildman–Crippen LogP) is 3.52. The first kappa shape index (κ1) is 16.4. The first-order chi connectivity index (χ1) is 12.6. The molecule has 0 atom stereocenters. The number of H-pyrrole nitrogens is 1. The second kappa shape index (κ2) is 6.68. The summed E-state index contributed by atoms with van der Waals surface area (Å²) in [4.78, 5) is 19.3. The first-order valence-corrected chi connectivity index (χ1v) is 8.57. The third kappa shape index (κ3) is 3.33. The van der Waals surface area contributed by atoms with Crippen LogP contribution in [0.25, 0.3) is 22.1 Å². The Morgan fingerprint density at radius 2 is 1.85 bits per heavy atom. The van der Waals surface area contributed by atoms with Gasteiger partial charge in [-0.05, 0) is 42.5 Å². The Labute approximate surface area is 150 Å². The molecule has 2 aromatic carbocycles. The molecule has 0 unspecified atom stereocenters. The van der Waals surface area contributed by atoms with E-state index in [1.165, 1.54) is 36.4 Å². The number of halogens is 2. The number of benzene rings is 2. The molecule has 1 amide bonds. The van der Waals surface area contributed by atoms with E-state index < -0.39 is 0 Å². The second-order valence-corrected chi connectivity index (χ2v) is 6.39. The van der Waals surface area contributed by atoms with E-state index in [0.717, 1.165) is 11.8 Å². The summed E-state index contributed by atoms with van der Waals surface area (Å²) in [6.07, 6.45) is 0. The number of hydrogen-bond acceptors (Lipinski definition) is 5. The minimum Gasteiger partial charge on any atom is -0.338 e.